The van der Waals surface area contributed by atoms with Crippen molar-refractivity contribution in [3.8, 4) is 0 Å². The zero-order valence-electron chi connectivity index (χ0n) is 8.54. The van der Waals surface area contributed by atoms with Crippen molar-refractivity contribution in [2.45, 2.75) is 32.1 Å². The molecule has 0 aromatic heterocycles. The van der Waals surface area contributed by atoms with E-state index in [1.54, 1.807) is 0 Å². The van der Waals surface area contributed by atoms with Crippen LogP contribution in [0.15, 0.2) is 0 Å². The number of fused-ring (bicyclic) bond motifs is 1. The van der Waals surface area contributed by atoms with Crippen LogP contribution in [0.4, 0.5) is 0 Å². The van der Waals surface area contributed by atoms with Crippen LogP contribution < -0.4 is 0 Å². The van der Waals surface area contributed by atoms with Crippen molar-refractivity contribution in [3.05, 3.63) is 0 Å². The quantitative estimate of drug-likeness (QED) is 0.615. The standard InChI is InChI=1S/C11H18ClNO/c12-7-11(14)13-6-5-9-3-1-2-4-10(9)8-13/h9-10H,1-8H2/t9-,10-/m1/s1. The Hall–Kier alpha value is -0.240. The van der Waals surface area contributed by atoms with Gasteiger partial charge in [-0.1, -0.05) is 19.3 Å². The minimum atomic E-state index is 0.121. The number of likely N-dealkylation sites (tertiary alicyclic amines) is 1. The Morgan fingerprint density at radius 1 is 1.21 bits per heavy atom. The maximum atomic E-state index is 11.4. The largest absolute Gasteiger partial charge is 0.341 e. The van der Waals surface area contributed by atoms with Gasteiger partial charge in [0.2, 0.25) is 5.91 Å². The van der Waals surface area contributed by atoms with Crippen molar-refractivity contribution in [2.75, 3.05) is 19.0 Å². The van der Waals surface area contributed by atoms with Gasteiger partial charge in [-0.2, -0.15) is 0 Å². The van der Waals surface area contributed by atoms with Crippen molar-refractivity contribution < 1.29 is 4.79 Å². The van der Waals surface area contributed by atoms with Gasteiger partial charge in [0.1, 0.15) is 5.88 Å². The van der Waals surface area contributed by atoms with Gasteiger partial charge < -0.3 is 4.90 Å². The topological polar surface area (TPSA) is 20.3 Å². The fraction of sp³-hybridized carbons (Fsp3) is 0.909. The zero-order valence-corrected chi connectivity index (χ0v) is 9.30. The van der Waals surface area contributed by atoms with Gasteiger partial charge in [0, 0.05) is 13.1 Å². The average molecular weight is 216 g/mol. The predicted octanol–water partition coefficient (Wildman–Crippen LogP) is 2.26. The SMILES string of the molecule is O=C(CCl)N1CC[C@H]2CCCC[C@@H]2C1. The van der Waals surface area contributed by atoms with Crippen LogP contribution in [0.25, 0.3) is 0 Å². The van der Waals surface area contributed by atoms with E-state index in [-0.39, 0.29) is 11.8 Å². The summed E-state index contributed by atoms with van der Waals surface area (Å²) in [5, 5.41) is 0. The summed E-state index contributed by atoms with van der Waals surface area (Å²) in [5.74, 6) is 1.93. The molecule has 0 radical (unpaired) electrons. The molecular weight excluding hydrogens is 198 g/mol. The Kier molecular flexibility index (Phi) is 3.32. The van der Waals surface area contributed by atoms with Crippen LogP contribution in [0.2, 0.25) is 0 Å². The molecule has 2 atom stereocenters. The van der Waals surface area contributed by atoms with Crippen LogP contribution in [-0.2, 0) is 4.79 Å². The summed E-state index contributed by atoms with van der Waals surface area (Å²) in [6, 6.07) is 0. The van der Waals surface area contributed by atoms with E-state index >= 15 is 0 Å². The maximum Gasteiger partial charge on any atom is 0.237 e. The van der Waals surface area contributed by atoms with Gasteiger partial charge in [-0.25, -0.2) is 0 Å². The molecule has 0 bridgehead atoms. The van der Waals surface area contributed by atoms with E-state index in [4.69, 9.17) is 11.6 Å². The van der Waals surface area contributed by atoms with Crippen molar-refractivity contribution in [2.24, 2.45) is 11.8 Å². The van der Waals surface area contributed by atoms with Crippen molar-refractivity contribution in [1.82, 2.24) is 4.90 Å². The van der Waals surface area contributed by atoms with Crippen LogP contribution in [0, 0.1) is 11.8 Å². The van der Waals surface area contributed by atoms with Crippen LogP contribution >= 0.6 is 11.6 Å². The highest BCUT2D eigenvalue weighted by molar-refractivity contribution is 6.27. The predicted molar refractivity (Wildman–Crippen MR) is 57.4 cm³/mol. The van der Waals surface area contributed by atoms with Gasteiger partial charge in [-0.3, -0.25) is 4.79 Å². The Labute approximate surface area is 90.6 Å². The van der Waals surface area contributed by atoms with Gasteiger partial charge >= 0.3 is 0 Å². The Bertz CT molecular complexity index is 219. The van der Waals surface area contributed by atoms with Gasteiger partial charge in [0.05, 0.1) is 0 Å². The highest BCUT2D eigenvalue weighted by atomic mass is 35.5. The van der Waals surface area contributed by atoms with E-state index in [0.717, 1.165) is 24.9 Å². The number of hydrogen-bond donors (Lipinski definition) is 0. The van der Waals surface area contributed by atoms with Crippen LogP contribution in [-0.4, -0.2) is 29.8 Å². The minimum absolute atomic E-state index is 0.121. The lowest BCUT2D eigenvalue weighted by atomic mass is 9.75. The van der Waals surface area contributed by atoms with E-state index in [9.17, 15) is 4.79 Å². The molecule has 0 aromatic carbocycles. The maximum absolute atomic E-state index is 11.4. The lowest BCUT2D eigenvalue weighted by molar-refractivity contribution is -0.131. The molecule has 1 saturated carbocycles. The Balaban J connectivity index is 1.92. The number of amides is 1. The number of carbonyl (C=O) groups excluding carboxylic acids is 1. The molecule has 1 aliphatic heterocycles. The van der Waals surface area contributed by atoms with Crippen molar-refractivity contribution >= 4 is 17.5 Å². The molecular formula is C11H18ClNO. The van der Waals surface area contributed by atoms with Gasteiger partial charge in [-0.05, 0) is 24.7 Å². The first-order valence-electron chi connectivity index (χ1n) is 5.65. The second kappa shape index (κ2) is 4.52. The third-order valence-electron chi connectivity index (χ3n) is 3.76. The van der Waals surface area contributed by atoms with E-state index in [1.807, 2.05) is 4.90 Å². The normalized spacial score (nSPS) is 32.5. The highest BCUT2D eigenvalue weighted by Gasteiger charge is 2.32. The number of hydrogen-bond acceptors (Lipinski definition) is 1. The third-order valence-corrected chi connectivity index (χ3v) is 3.99. The summed E-state index contributed by atoms with van der Waals surface area (Å²) in [6.07, 6.45) is 6.65. The number of piperidine rings is 1. The number of rotatable bonds is 1. The van der Waals surface area contributed by atoms with Crippen molar-refractivity contribution in [3.63, 3.8) is 0 Å². The summed E-state index contributed by atoms with van der Waals surface area (Å²) >= 11 is 5.57. The number of halogens is 1. The molecule has 1 saturated heterocycles. The monoisotopic (exact) mass is 215 g/mol. The first-order chi connectivity index (χ1) is 6.81. The molecule has 1 amide bonds. The lowest BCUT2D eigenvalue weighted by Gasteiger charge is -2.41. The summed E-state index contributed by atoms with van der Waals surface area (Å²) in [5.41, 5.74) is 0. The number of carbonyl (C=O) groups is 1. The fourth-order valence-electron chi connectivity index (χ4n) is 2.91. The zero-order chi connectivity index (χ0) is 9.97. The number of nitrogens with zero attached hydrogens (tertiary/aromatic N) is 1. The van der Waals surface area contributed by atoms with Gasteiger partial charge in [0.25, 0.3) is 0 Å². The first-order valence-corrected chi connectivity index (χ1v) is 6.18. The fourth-order valence-corrected chi connectivity index (χ4v) is 3.08. The average Bonchev–Trinajstić information content (AvgIpc) is 2.27. The molecule has 2 fully saturated rings. The summed E-state index contributed by atoms with van der Waals surface area (Å²) in [7, 11) is 0. The molecule has 2 aliphatic rings. The smallest absolute Gasteiger partial charge is 0.237 e. The minimum Gasteiger partial charge on any atom is -0.341 e. The Morgan fingerprint density at radius 3 is 2.64 bits per heavy atom. The summed E-state index contributed by atoms with van der Waals surface area (Å²) < 4.78 is 0. The molecule has 0 aromatic rings. The Morgan fingerprint density at radius 2 is 1.93 bits per heavy atom. The second-order valence-corrected chi connectivity index (χ2v) is 4.83. The molecule has 2 nitrogen and oxygen atoms in total. The van der Waals surface area contributed by atoms with E-state index in [0.29, 0.717) is 0 Å². The molecule has 3 heteroatoms. The molecule has 80 valence electrons. The molecule has 2 rings (SSSR count). The van der Waals surface area contributed by atoms with Crippen molar-refractivity contribution in [1.29, 1.82) is 0 Å². The molecule has 14 heavy (non-hydrogen) atoms. The van der Waals surface area contributed by atoms with E-state index in [1.165, 1.54) is 32.1 Å². The molecule has 1 aliphatic carbocycles. The van der Waals surface area contributed by atoms with E-state index < -0.39 is 0 Å². The molecule has 0 unspecified atom stereocenters. The second-order valence-electron chi connectivity index (χ2n) is 4.57. The molecule has 0 N–H and O–H groups in total. The molecule has 1 heterocycles. The summed E-state index contributed by atoms with van der Waals surface area (Å²) in [4.78, 5) is 13.4. The lowest BCUT2D eigenvalue weighted by Crippen LogP contribution is -2.45. The van der Waals surface area contributed by atoms with Gasteiger partial charge in [0.15, 0.2) is 0 Å². The highest BCUT2D eigenvalue weighted by Crippen LogP contribution is 2.35. The van der Waals surface area contributed by atoms with E-state index in [2.05, 4.69) is 0 Å². The third kappa shape index (κ3) is 2.05. The molecule has 0 spiro atoms. The first kappa shape index (κ1) is 10.3. The van der Waals surface area contributed by atoms with Gasteiger partial charge in [-0.15, -0.1) is 11.6 Å². The summed E-state index contributed by atoms with van der Waals surface area (Å²) in [6.45, 7) is 1.91. The van der Waals surface area contributed by atoms with Crippen LogP contribution in [0.1, 0.15) is 32.1 Å². The number of alkyl halides is 1. The van der Waals surface area contributed by atoms with Crippen LogP contribution in [0.3, 0.4) is 0 Å². The van der Waals surface area contributed by atoms with Crippen LogP contribution in [0.5, 0.6) is 0 Å².